The van der Waals surface area contributed by atoms with Gasteiger partial charge in [-0.3, -0.25) is 9.59 Å². The van der Waals surface area contributed by atoms with Crippen LogP contribution in [0.3, 0.4) is 0 Å². The number of benzene rings is 2. The minimum Gasteiger partial charge on any atom is -0.484 e. The number of hydrogen-bond acceptors (Lipinski definition) is 3. The standard InChI is InChI=1S/C26H36N2O3/c1-7-21(6)27-26(30)24(8-2)28(16-22-11-9-10-18(3)14-22)25(29)17-31-23-13-12-19(4)20(5)15-23/h9-15,21,24H,7-8,16-17H2,1-6H3,(H,27,30). The van der Waals surface area contributed by atoms with Crippen molar-refractivity contribution in [3.63, 3.8) is 0 Å². The van der Waals surface area contributed by atoms with Gasteiger partial charge in [0.15, 0.2) is 6.61 Å². The summed E-state index contributed by atoms with van der Waals surface area (Å²) in [7, 11) is 0. The van der Waals surface area contributed by atoms with Crippen molar-refractivity contribution in [1.82, 2.24) is 10.2 Å². The van der Waals surface area contributed by atoms with Crippen LogP contribution in [-0.4, -0.2) is 35.4 Å². The molecule has 0 heterocycles. The first-order chi connectivity index (χ1) is 14.7. The van der Waals surface area contributed by atoms with E-state index in [1.54, 1.807) is 4.90 Å². The van der Waals surface area contributed by atoms with Crippen LogP contribution in [0, 0.1) is 20.8 Å². The van der Waals surface area contributed by atoms with Crippen molar-refractivity contribution in [2.45, 2.75) is 73.0 Å². The summed E-state index contributed by atoms with van der Waals surface area (Å²) in [4.78, 5) is 27.8. The Morgan fingerprint density at radius 2 is 1.74 bits per heavy atom. The molecule has 2 aromatic rings. The third-order valence-electron chi connectivity index (χ3n) is 5.66. The molecule has 0 aromatic heterocycles. The lowest BCUT2D eigenvalue weighted by molar-refractivity contribution is -0.143. The first-order valence-electron chi connectivity index (χ1n) is 11.1. The number of ether oxygens (including phenoxy) is 1. The highest BCUT2D eigenvalue weighted by atomic mass is 16.5. The number of hydrogen-bond donors (Lipinski definition) is 1. The topological polar surface area (TPSA) is 58.6 Å². The minimum atomic E-state index is -0.551. The highest BCUT2D eigenvalue weighted by molar-refractivity contribution is 5.88. The largest absolute Gasteiger partial charge is 0.484 e. The molecule has 0 aliphatic carbocycles. The zero-order chi connectivity index (χ0) is 23.0. The molecule has 0 saturated heterocycles. The molecule has 0 aliphatic rings. The van der Waals surface area contributed by atoms with Crippen LogP contribution in [0.4, 0.5) is 0 Å². The Morgan fingerprint density at radius 3 is 2.35 bits per heavy atom. The second kappa shape index (κ2) is 11.5. The summed E-state index contributed by atoms with van der Waals surface area (Å²) in [5.41, 5.74) is 4.40. The van der Waals surface area contributed by atoms with E-state index in [1.807, 2.05) is 84.0 Å². The van der Waals surface area contributed by atoms with Gasteiger partial charge in [-0.2, -0.15) is 0 Å². The van der Waals surface area contributed by atoms with Gasteiger partial charge in [0.25, 0.3) is 5.91 Å². The maximum absolute atomic E-state index is 13.2. The van der Waals surface area contributed by atoms with Gasteiger partial charge in [0.1, 0.15) is 11.8 Å². The molecular formula is C26H36N2O3. The van der Waals surface area contributed by atoms with Gasteiger partial charge in [0, 0.05) is 12.6 Å². The van der Waals surface area contributed by atoms with Crippen molar-refractivity contribution < 1.29 is 14.3 Å². The molecule has 0 fully saturated rings. The lowest BCUT2D eigenvalue weighted by Crippen LogP contribution is -2.51. The molecular weight excluding hydrogens is 388 g/mol. The Morgan fingerprint density at radius 1 is 1.00 bits per heavy atom. The Kier molecular flexibility index (Phi) is 9.10. The quantitative estimate of drug-likeness (QED) is 0.601. The summed E-state index contributed by atoms with van der Waals surface area (Å²) in [6, 6.07) is 13.3. The van der Waals surface area contributed by atoms with Crippen molar-refractivity contribution in [3.8, 4) is 5.75 Å². The van der Waals surface area contributed by atoms with Crippen LogP contribution >= 0.6 is 0 Å². The molecule has 168 valence electrons. The van der Waals surface area contributed by atoms with Crippen LogP contribution in [0.2, 0.25) is 0 Å². The SMILES string of the molecule is CCC(C)NC(=O)C(CC)N(Cc1cccc(C)c1)C(=O)COc1ccc(C)c(C)c1. The van der Waals surface area contributed by atoms with Crippen molar-refractivity contribution in [1.29, 1.82) is 0 Å². The molecule has 2 atom stereocenters. The predicted molar refractivity (Wildman–Crippen MR) is 125 cm³/mol. The Hall–Kier alpha value is -2.82. The van der Waals surface area contributed by atoms with E-state index < -0.39 is 6.04 Å². The number of aryl methyl sites for hydroxylation is 3. The molecule has 2 amide bonds. The molecule has 0 radical (unpaired) electrons. The van der Waals surface area contributed by atoms with Crippen molar-refractivity contribution in [3.05, 3.63) is 64.7 Å². The van der Waals surface area contributed by atoms with Crippen molar-refractivity contribution >= 4 is 11.8 Å². The molecule has 2 unspecified atom stereocenters. The summed E-state index contributed by atoms with van der Waals surface area (Å²) < 4.78 is 5.80. The van der Waals surface area contributed by atoms with Crippen LogP contribution in [0.1, 0.15) is 55.9 Å². The molecule has 0 saturated carbocycles. The number of carbonyl (C=O) groups is 2. The minimum absolute atomic E-state index is 0.0595. The van der Waals surface area contributed by atoms with E-state index >= 15 is 0 Å². The molecule has 2 aromatic carbocycles. The van der Waals surface area contributed by atoms with Gasteiger partial charge >= 0.3 is 0 Å². The van der Waals surface area contributed by atoms with E-state index in [9.17, 15) is 9.59 Å². The normalized spacial score (nSPS) is 12.7. The lowest BCUT2D eigenvalue weighted by Gasteiger charge is -2.31. The summed E-state index contributed by atoms with van der Waals surface area (Å²) in [5.74, 6) is 0.332. The fourth-order valence-corrected chi connectivity index (χ4v) is 3.40. The average Bonchev–Trinajstić information content (AvgIpc) is 2.74. The fourth-order valence-electron chi connectivity index (χ4n) is 3.40. The summed E-state index contributed by atoms with van der Waals surface area (Å²) in [6.45, 7) is 12.3. The molecule has 2 rings (SSSR count). The molecule has 1 N–H and O–H groups in total. The molecule has 0 bridgehead atoms. The highest BCUT2D eigenvalue weighted by Crippen LogP contribution is 2.18. The molecule has 0 aliphatic heterocycles. The van der Waals surface area contributed by atoms with Gasteiger partial charge in [-0.25, -0.2) is 0 Å². The third kappa shape index (κ3) is 7.12. The number of nitrogens with one attached hydrogen (secondary N) is 1. The van der Waals surface area contributed by atoms with E-state index in [0.717, 1.165) is 23.1 Å². The van der Waals surface area contributed by atoms with E-state index in [-0.39, 0.29) is 24.5 Å². The lowest BCUT2D eigenvalue weighted by atomic mass is 10.1. The number of nitrogens with zero attached hydrogens (tertiary/aromatic N) is 1. The summed E-state index contributed by atoms with van der Waals surface area (Å²) >= 11 is 0. The van der Waals surface area contributed by atoms with Crippen LogP contribution in [0.15, 0.2) is 42.5 Å². The number of amides is 2. The first-order valence-corrected chi connectivity index (χ1v) is 11.1. The number of rotatable bonds is 10. The van der Waals surface area contributed by atoms with Gasteiger partial charge in [-0.1, -0.05) is 49.7 Å². The van der Waals surface area contributed by atoms with Gasteiger partial charge in [0.05, 0.1) is 0 Å². The third-order valence-corrected chi connectivity index (χ3v) is 5.66. The van der Waals surface area contributed by atoms with Gasteiger partial charge in [0.2, 0.25) is 5.91 Å². The summed E-state index contributed by atoms with van der Waals surface area (Å²) in [6.07, 6.45) is 1.37. The molecule has 31 heavy (non-hydrogen) atoms. The predicted octanol–water partition coefficient (Wildman–Crippen LogP) is 4.71. The van der Waals surface area contributed by atoms with Crippen LogP contribution < -0.4 is 10.1 Å². The monoisotopic (exact) mass is 424 g/mol. The average molecular weight is 425 g/mol. The smallest absolute Gasteiger partial charge is 0.261 e. The Labute approximate surface area is 186 Å². The van der Waals surface area contributed by atoms with Crippen LogP contribution in [-0.2, 0) is 16.1 Å². The van der Waals surface area contributed by atoms with Crippen molar-refractivity contribution in [2.24, 2.45) is 0 Å². The Bertz CT molecular complexity index is 894. The molecule has 5 heteroatoms. The van der Waals surface area contributed by atoms with Crippen molar-refractivity contribution in [2.75, 3.05) is 6.61 Å². The van der Waals surface area contributed by atoms with E-state index in [4.69, 9.17) is 4.74 Å². The van der Waals surface area contributed by atoms with E-state index in [2.05, 4.69) is 5.32 Å². The van der Waals surface area contributed by atoms with Crippen LogP contribution in [0.5, 0.6) is 5.75 Å². The molecule has 5 nitrogen and oxygen atoms in total. The maximum Gasteiger partial charge on any atom is 0.261 e. The number of carbonyl (C=O) groups excluding carboxylic acids is 2. The summed E-state index contributed by atoms with van der Waals surface area (Å²) in [5, 5.41) is 3.03. The fraction of sp³-hybridized carbons (Fsp3) is 0.462. The zero-order valence-corrected chi connectivity index (χ0v) is 19.7. The second-order valence-electron chi connectivity index (χ2n) is 8.29. The zero-order valence-electron chi connectivity index (χ0n) is 19.7. The van der Waals surface area contributed by atoms with E-state index in [0.29, 0.717) is 18.7 Å². The Balaban J connectivity index is 2.22. The van der Waals surface area contributed by atoms with E-state index in [1.165, 1.54) is 5.56 Å². The van der Waals surface area contributed by atoms with Gasteiger partial charge < -0.3 is 15.0 Å². The highest BCUT2D eigenvalue weighted by Gasteiger charge is 2.29. The first kappa shape index (κ1) is 24.4. The van der Waals surface area contributed by atoms with Gasteiger partial charge in [-0.05, 0) is 69.4 Å². The van der Waals surface area contributed by atoms with Gasteiger partial charge in [-0.15, -0.1) is 0 Å². The molecule has 0 spiro atoms. The second-order valence-corrected chi connectivity index (χ2v) is 8.29. The van der Waals surface area contributed by atoms with Crippen LogP contribution in [0.25, 0.3) is 0 Å². The maximum atomic E-state index is 13.2.